The van der Waals surface area contributed by atoms with E-state index >= 15 is 0 Å². The molecule has 0 saturated carbocycles. The van der Waals surface area contributed by atoms with Gasteiger partial charge in [-0.05, 0) is 161 Å². The second kappa shape index (κ2) is 77.8. The monoisotopic (exact) mass is 1520 g/mol. The number of unbranched alkanes of at least 4 members (excludes halogenated alkanes) is 23. The van der Waals surface area contributed by atoms with Gasteiger partial charge in [-0.2, -0.15) is 0 Å². The van der Waals surface area contributed by atoms with Crippen LogP contribution in [-0.4, -0.2) is 96.7 Å². The predicted molar refractivity (Wildman–Crippen MR) is 436 cm³/mol. The van der Waals surface area contributed by atoms with Gasteiger partial charge < -0.3 is 33.8 Å². The van der Waals surface area contributed by atoms with Gasteiger partial charge in [0.2, 0.25) is 0 Å². The summed E-state index contributed by atoms with van der Waals surface area (Å²) in [6.07, 6.45) is 90.9. The van der Waals surface area contributed by atoms with Gasteiger partial charge in [-0.25, -0.2) is 9.13 Å². The molecule has 0 aliphatic heterocycles. The zero-order chi connectivity index (χ0) is 77.4. The average Bonchev–Trinajstić information content (AvgIpc) is 0.903. The second-order valence-electron chi connectivity index (χ2n) is 26.6. The molecule has 0 amide bonds. The Hall–Kier alpha value is -5.32. The molecule has 5 atom stereocenters. The number of hydrogen-bond donors (Lipinski definition) is 3. The van der Waals surface area contributed by atoms with E-state index in [1.165, 1.54) is 38.5 Å². The first-order valence-corrected chi connectivity index (χ1v) is 43.7. The quantitative estimate of drug-likeness (QED) is 0.0169. The van der Waals surface area contributed by atoms with Crippen LogP contribution in [-0.2, 0) is 65.4 Å². The minimum atomic E-state index is -5.01. The van der Waals surface area contributed by atoms with Crippen molar-refractivity contribution in [2.75, 3.05) is 39.6 Å². The van der Waals surface area contributed by atoms with E-state index in [0.717, 1.165) is 186 Å². The number of esters is 4. The molecule has 604 valence electrons. The molecular weight excluding hydrogens is 1380 g/mol. The van der Waals surface area contributed by atoms with Gasteiger partial charge in [0.25, 0.3) is 0 Å². The third kappa shape index (κ3) is 76.9. The van der Waals surface area contributed by atoms with Crippen LogP contribution in [0.2, 0.25) is 0 Å². The molecule has 0 aromatic heterocycles. The Kier molecular flexibility index (Phi) is 73.9. The number of phosphoric ester groups is 2. The number of phosphoric acid groups is 2. The van der Waals surface area contributed by atoms with E-state index < -0.39 is 97.5 Å². The van der Waals surface area contributed by atoms with E-state index in [1.807, 2.05) is 18.2 Å². The number of hydrogen-bond acceptors (Lipinski definition) is 15. The van der Waals surface area contributed by atoms with Crippen molar-refractivity contribution in [2.45, 2.75) is 329 Å². The van der Waals surface area contributed by atoms with Crippen LogP contribution in [0.25, 0.3) is 0 Å². The summed E-state index contributed by atoms with van der Waals surface area (Å²) in [7, 11) is -10.0. The summed E-state index contributed by atoms with van der Waals surface area (Å²) < 4.78 is 68.5. The number of allylic oxidation sites excluding steroid dienone is 26. The van der Waals surface area contributed by atoms with Gasteiger partial charge in [-0.3, -0.25) is 37.3 Å². The SMILES string of the molecule is CC/C=C\C/C=C\C/C=C\C/C=C\C/C=C\C/C=C\CCC(=O)OCC(COP(=O)(O)OCC(O)COP(=O)(O)OCC(COC(=O)CCCCCCC/C=C\C/C=C\CCCCC)OC(=O)CCCCCCC/C=C\C/C=C\CCC)OC(=O)CCCCCCCC/C=C\C/C=C\C/C=C\CCCCC. The van der Waals surface area contributed by atoms with Crippen molar-refractivity contribution in [1.82, 2.24) is 0 Å². The summed E-state index contributed by atoms with van der Waals surface area (Å²) in [5.41, 5.74) is 0. The van der Waals surface area contributed by atoms with Gasteiger partial charge in [0.05, 0.1) is 26.4 Å². The summed E-state index contributed by atoms with van der Waals surface area (Å²) >= 11 is 0. The van der Waals surface area contributed by atoms with E-state index in [2.05, 4.69) is 167 Å². The van der Waals surface area contributed by atoms with E-state index in [0.29, 0.717) is 32.1 Å². The molecule has 0 spiro atoms. The molecule has 17 nitrogen and oxygen atoms in total. The van der Waals surface area contributed by atoms with Crippen molar-refractivity contribution < 1.29 is 80.2 Å². The first-order valence-electron chi connectivity index (χ1n) is 40.7. The lowest BCUT2D eigenvalue weighted by Gasteiger charge is -2.21. The van der Waals surface area contributed by atoms with Crippen molar-refractivity contribution in [3.8, 4) is 0 Å². The molecule has 0 aromatic rings. The smallest absolute Gasteiger partial charge is 0.462 e. The molecule has 0 aromatic carbocycles. The van der Waals surface area contributed by atoms with Crippen LogP contribution < -0.4 is 0 Å². The normalized spacial score (nSPS) is 14.7. The Balaban J connectivity index is 5.47. The van der Waals surface area contributed by atoms with E-state index in [1.54, 1.807) is 0 Å². The number of carbonyl (C=O) groups excluding carboxylic acids is 4. The minimum absolute atomic E-state index is 0.0278. The van der Waals surface area contributed by atoms with Crippen molar-refractivity contribution in [3.63, 3.8) is 0 Å². The number of rotatable bonds is 75. The molecule has 0 aliphatic carbocycles. The van der Waals surface area contributed by atoms with Crippen molar-refractivity contribution in [1.29, 1.82) is 0 Å². The van der Waals surface area contributed by atoms with Crippen LogP contribution in [0.3, 0.4) is 0 Å². The Bertz CT molecular complexity index is 2630. The third-order valence-corrected chi connectivity index (χ3v) is 18.3. The Morgan fingerprint density at radius 2 is 0.528 bits per heavy atom. The van der Waals surface area contributed by atoms with E-state index in [-0.39, 0.29) is 25.7 Å². The number of aliphatic hydroxyl groups is 1. The summed E-state index contributed by atoms with van der Waals surface area (Å²) in [6.45, 7) is 4.51. The molecule has 0 bridgehead atoms. The summed E-state index contributed by atoms with van der Waals surface area (Å²) in [6, 6.07) is 0. The highest BCUT2D eigenvalue weighted by molar-refractivity contribution is 7.47. The molecule has 0 radical (unpaired) electrons. The number of aliphatic hydroxyl groups excluding tert-OH is 1. The second-order valence-corrected chi connectivity index (χ2v) is 29.5. The maximum absolute atomic E-state index is 13.1. The highest BCUT2D eigenvalue weighted by Crippen LogP contribution is 2.45. The molecule has 0 rings (SSSR count). The molecule has 19 heteroatoms. The van der Waals surface area contributed by atoms with Crippen LogP contribution in [0.4, 0.5) is 0 Å². The highest BCUT2D eigenvalue weighted by atomic mass is 31.2. The van der Waals surface area contributed by atoms with Gasteiger partial charge in [-0.1, -0.05) is 282 Å². The maximum atomic E-state index is 13.1. The number of carbonyl (C=O) groups is 4. The zero-order valence-electron chi connectivity index (χ0n) is 66.1. The van der Waals surface area contributed by atoms with E-state index in [4.69, 9.17) is 37.0 Å². The average molecular weight is 1520 g/mol. The Morgan fingerprint density at radius 1 is 0.274 bits per heavy atom. The van der Waals surface area contributed by atoms with Crippen molar-refractivity contribution >= 4 is 39.5 Å². The summed E-state index contributed by atoms with van der Waals surface area (Å²) in [4.78, 5) is 73.0. The minimum Gasteiger partial charge on any atom is -0.462 e. The van der Waals surface area contributed by atoms with Crippen LogP contribution in [0.5, 0.6) is 0 Å². The van der Waals surface area contributed by atoms with E-state index in [9.17, 15) is 43.2 Å². The van der Waals surface area contributed by atoms with Gasteiger partial charge in [0, 0.05) is 25.7 Å². The van der Waals surface area contributed by atoms with Gasteiger partial charge in [0.15, 0.2) is 12.2 Å². The van der Waals surface area contributed by atoms with Crippen LogP contribution in [0.1, 0.15) is 310 Å². The molecule has 106 heavy (non-hydrogen) atoms. The fraction of sp³-hybridized carbons (Fsp3) is 0.655. The van der Waals surface area contributed by atoms with Crippen LogP contribution in [0.15, 0.2) is 158 Å². The lowest BCUT2D eigenvalue weighted by Crippen LogP contribution is -2.30. The molecule has 0 aliphatic rings. The molecule has 0 saturated heterocycles. The van der Waals surface area contributed by atoms with Gasteiger partial charge in [-0.15, -0.1) is 0 Å². The van der Waals surface area contributed by atoms with Gasteiger partial charge in [0.1, 0.15) is 19.3 Å². The van der Waals surface area contributed by atoms with Crippen molar-refractivity contribution in [3.05, 3.63) is 158 Å². The Labute approximate surface area is 642 Å². The van der Waals surface area contributed by atoms with Crippen LogP contribution >= 0.6 is 15.6 Å². The van der Waals surface area contributed by atoms with Crippen LogP contribution in [0, 0.1) is 0 Å². The molecule has 5 unspecified atom stereocenters. The lowest BCUT2D eigenvalue weighted by molar-refractivity contribution is -0.161. The standard InChI is InChI=1S/C87H144O17P2/c1-5-9-13-17-21-25-29-33-36-38-40-42-45-49-52-56-60-64-68-72-85(90)98-78-83(104-87(92)74-70-66-62-58-54-50-46-43-41-39-37-34-30-26-22-18-14-10-6-2)80-102-106(95,96)100-76-81(88)75-99-105(93,94)101-79-82(103-86(91)73-69-65-61-57-53-47-32-28-24-20-16-12-8-4)77-97-84(89)71-67-63-59-55-51-48-44-35-31-27-23-19-15-11-7-3/h9,13,16,20-23,25-28,32-37,40-44,49,52,60,64,81-83,88H,5-8,10-12,14-15,17-19,24,29-31,38-39,45-48,50-51,53-59,61-63,65-80H2,1-4H3,(H,93,94)(H,95,96)/b13-9-,20-16-,25-21-,26-22-,27-23-,32-28-,36-33-,37-34-,42-40-,43-41-,44-35-,52-49-,64-60-. The first kappa shape index (κ1) is 101. The summed E-state index contributed by atoms with van der Waals surface area (Å²) in [5, 5.41) is 10.6. The summed E-state index contributed by atoms with van der Waals surface area (Å²) in [5.74, 6) is -2.32. The molecule has 0 fully saturated rings. The lowest BCUT2D eigenvalue weighted by atomic mass is 10.1. The Morgan fingerprint density at radius 3 is 0.849 bits per heavy atom. The molecule has 0 heterocycles. The molecule has 3 N–H and O–H groups in total. The van der Waals surface area contributed by atoms with Gasteiger partial charge >= 0.3 is 39.5 Å². The third-order valence-electron chi connectivity index (χ3n) is 16.4. The largest absolute Gasteiger partial charge is 0.472 e. The highest BCUT2D eigenvalue weighted by Gasteiger charge is 2.30. The topological polar surface area (TPSA) is 237 Å². The first-order chi connectivity index (χ1) is 51.7. The fourth-order valence-electron chi connectivity index (χ4n) is 10.3. The zero-order valence-corrected chi connectivity index (χ0v) is 67.8. The maximum Gasteiger partial charge on any atom is 0.472 e. The molecular formula is C87H144O17P2. The predicted octanol–water partition coefficient (Wildman–Crippen LogP) is 24.0. The fourth-order valence-corrected chi connectivity index (χ4v) is 11.8. The van der Waals surface area contributed by atoms with Crippen molar-refractivity contribution in [2.24, 2.45) is 0 Å². The number of ether oxygens (including phenoxy) is 4.